The van der Waals surface area contributed by atoms with Crippen LogP contribution in [-0.2, 0) is 9.63 Å². The van der Waals surface area contributed by atoms with Crippen LogP contribution in [0.3, 0.4) is 0 Å². The molecule has 0 aliphatic rings. The van der Waals surface area contributed by atoms with Crippen LogP contribution in [0.25, 0.3) is 0 Å². The number of carbonyl (C=O) groups excluding carboxylic acids is 1. The van der Waals surface area contributed by atoms with Crippen molar-refractivity contribution >= 4 is 22.6 Å². The number of halogens is 1. The van der Waals surface area contributed by atoms with E-state index in [2.05, 4.69) is 11.7 Å². The van der Waals surface area contributed by atoms with E-state index < -0.39 is 5.24 Å². The zero-order chi connectivity index (χ0) is 10.3. The molecular weight excluding hydrogens is 190 g/mol. The molecule has 3 nitrogen and oxygen atoms in total. The van der Waals surface area contributed by atoms with Crippen LogP contribution in [0.4, 0.5) is 0 Å². The number of carbonyl (C=O) groups is 1. The highest BCUT2D eigenvalue weighted by Gasteiger charge is 2.10. The van der Waals surface area contributed by atoms with E-state index in [1.165, 1.54) is 0 Å². The first kappa shape index (κ1) is 12.2. The third-order valence-corrected chi connectivity index (χ3v) is 1.41. The summed E-state index contributed by atoms with van der Waals surface area (Å²) in [6, 6.07) is 0. The van der Waals surface area contributed by atoms with E-state index in [0.717, 1.165) is 0 Å². The van der Waals surface area contributed by atoms with Crippen molar-refractivity contribution in [1.29, 1.82) is 0 Å². The zero-order valence-electron chi connectivity index (χ0n) is 7.92. The SMILES string of the molecule is C=CCON=C(CC(C)C)C(=O)Cl. The third kappa shape index (κ3) is 6.34. The molecule has 0 amide bonds. The maximum Gasteiger partial charge on any atom is 0.270 e. The molecule has 0 N–H and O–H groups in total. The third-order valence-electron chi connectivity index (χ3n) is 1.20. The molecule has 0 aliphatic carbocycles. The molecule has 0 bridgehead atoms. The normalized spacial score (nSPS) is 11.5. The average molecular weight is 204 g/mol. The van der Waals surface area contributed by atoms with E-state index in [0.29, 0.717) is 12.3 Å². The van der Waals surface area contributed by atoms with Gasteiger partial charge < -0.3 is 4.84 Å². The van der Waals surface area contributed by atoms with Crippen molar-refractivity contribution in [1.82, 2.24) is 0 Å². The highest BCUT2D eigenvalue weighted by Crippen LogP contribution is 2.04. The molecule has 0 aromatic rings. The van der Waals surface area contributed by atoms with Crippen molar-refractivity contribution in [3.05, 3.63) is 12.7 Å². The minimum atomic E-state index is -0.558. The maximum absolute atomic E-state index is 10.8. The first-order chi connectivity index (χ1) is 6.07. The monoisotopic (exact) mass is 203 g/mol. The van der Waals surface area contributed by atoms with Crippen LogP contribution in [0.2, 0.25) is 0 Å². The van der Waals surface area contributed by atoms with Crippen molar-refractivity contribution in [3.63, 3.8) is 0 Å². The number of hydrogen-bond donors (Lipinski definition) is 0. The van der Waals surface area contributed by atoms with Gasteiger partial charge in [-0.3, -0.25) is 4.79 Å². The van der Waals surface area contributed by atoms with Crippen LogP contribution in [0.15, 0.2) is 17.8 Å². The van der Waals surface area contributed by atoms with Gasteiger partial charge in [0.05, 0.1) is 0 Å². The minimum absolute atomic E-state index is 0.263. The molecule has 0 heterocycles. The first-order valence-electron chi connectivity index (χ1n) is 4.07. The molecule has 0 aromatic carbocycles. The number of hydrogen-bond acceptors (Lipinski definition) is 3. The summed E-state index contributed by atoms with van der Waals surface area (Å²) in [4.78, 5) is 15.6. The molecule has 0 spiro atoms. The lowest BCUT2D eigenvalue weighted by molar-refractivity contribution is -0.106. The molecule has 13 heavy (non-hydrogen) atoms. The summed E-state index contributed by atoms with van der Waals surface area (Å²) in [7, 11) is 0. The molecule has 0 aliphatic heterocycles. The fourth-order valence-electron chi connectivity index (χ4n) is 0.708. The second-order valence-corrected chi connectivity index (χ2v) is 3.34. The van der Waals surface area contributed by atoms with Gasteiger partial charge in [-0.2, -0.15) is 0 Å². The summed E-state index contributed by atoms with van der Waals surface area (Å²) in [5, 5.41) is 3.06. The summed E-state index contributed by atoms with van der Waals surface area (Å²) >= 11 is 5.29. The number of rotatable bonds is 6. The second kappa shape index (κ2) is 6.66. The van der Waals surface area contributed by atoms with Crippen LogP contribution in [-0.4, -0.2) is 17.6 Å². The van der Waals surface area contributed by atoms with Crippen molar-refractivity contribution in [2.24, 2.45) is 11.1 Å². The Hall–Kier alpha value is -0.830. The van der Waals surface area contributed by atoms with Gasteiger partial charge in [0.1, 0.15) is 12.3 Å². The van der Waals surface area contributed by atoms with Crippen LogP contribution in [0.5, 0.6) is 0 Å². The summed E-state index contributed by atoms with van der Waals surface area (Å²) < 4.78 is 0. The lowest BCUT2D eigenvalue weighted by atomic mass is 10.1. The van der Waals surface area contributed by atoms with E-state index in [-0.39, 0.29) is 12.3 Å². The van der Waals surface area contributed by atoms with Crippen molar-refractivity contribution < 1.29 is 9.63 Å². The summed E-state index contributed by atoms with van der Waals surface area (Å²) in [5.41, 5.74) is 0.263. The molecule has 4 heteroatoms. The van der Waals surface area contributed by atoms with E-state index in [1.54, 1.807) is 6.08 Å². The van der Waals surface area contributed by atoms with Gasteiger partial charge in [0, 0.05) is 6.42 Å². The molecule has 0 aromatic heterocycles. The molecule has 0 unspecified atom stereocenters. The summed E-state index contributed by atoms with van der Waals surface area (Å²) in [6.45, 7) is 7.68. The van der Waals surface area contributed by atoms with Gasteiger partial charge in [0.2, 0.25) is 0 Å². The highest BCUT2D eigenvalue weighted by atomic mass is 35.5. The van der Waals surface area contributed by atoms with Crippen molar-refractivity contribution in [3.8, 4) is 0 Å². The Balaban J connectivity index is 4.14. The standard InChI is InChI=1S/C9H14ClNO2/c1-4-5-13-11-8(9(10)12)6-7(2)3/h4,7H,1,5-6H2,2-3H3. The molecule has 0 saturated heterocycles. The molecule has 0 radical (unpaired) electrons. The number of oxime groups is 1. The predicted molar refractivity (Wildman–Crippen MR) is 53.9 cm³/mol. The molecule has 0 rings (SSSR count). The van der Waals surface area contributed by atoms with Crippen LogP contribution in [0.1, 0.15) is 20.3 Å². The van der Waals surface area contributed by atoms with Gasteiger partial charge >= 0.3 is 0 Å². The highest BCUT2D eigenvalue weighted by molar-refractivity contribution is 6.82. The largest absolute Gasteiger partial charge is 0.391 e. The molecule has 0 saturated carbocycles. The Labute approximate surface area is 83.4 Å². The smallest absolute Gasteiger partial charge is 0.270 e. The second-order valence-electron chi connectivity index (χ2n) is 2.99. The Morgan fingerprint density at radius 1 is 1.69 bits per heavy atom. The average Bonchev–Trinajstić information content (AvgIpc) is 2.02. The van der Waals surface area contributed by atoms with E-state index >= 15 is 0 Å². The topological polar surface area (TPSA) is 38.7 Å². The van der Waals surface area contributed by atoms with Crippen LogP contribution < -0.4 is 0 Å². The Kier molecular flexibility index (Phi) is 6.24. The van der Waals surface area contributed by atoms with E-state index in [4.69, 9.17) is 16.4 Å². The predicted octanol–water partition coefficient (Wildman–Crippen LogP) is 2.36. The lowest BCUT2D eigenvalue weighted by Crippen LogP contribution is -2.11. The quantitative estimate of drug-likeness (QED) is 0.219. The van der Waals surface area contributed by atoms with E-state index in [1.807, 2.05) is 13.8 Å². The minimum Gasteiger partial charge on any atom is -0.391 e. The van der Waals surface area contributed by atoms with Gasteiger partial charge in [-0.1, -0.05) is 31.7 Å². The summed E-state index contributed by atoms with van der Waals surface area (Å²) in [6.07, 6.45) is 2.08. The van der Waals surface area contributed by atoms with Gasteiger partial charge in [0.25, 0.3) is 5.24 Å². The molecular formula is C9H14ClNO2. The summed E-state index contributed by atoms with van der Waals surface area (Å²) in [5.74, 6) is 0.328. The van der Waals surface area contributed by atoms with E-state index in [9.17, 15) is 4.79 Å². The Morgan fingerprint density at radius 3 is 2.69 bits per heavy atom. The molecule has 0 atom stereocenters. The van der Waals surface area contributed by atoms with Gasteiger partial charge in [-0.25, -0.2) is 0 Å². The van der Waals surface area contributed by atoms with Gasteiger partial charge in [-0.15, -0.1) is 0 Å². The fraction of sp³-hybridized carbons (Fsp3) is 0.556. The van der Waals surface area contributed by atoms with Crippen molar-refractivity contribution in [2.45, 2.75) is 20.3 Å². The van der Waals surface area contributed by atoms with Gasteiger partial charge in [-0.05, 0) is 17.5 Å². The lowest BCUT2D eigenvalue weighted by Gasteiger charge is -2.03. The Morgan fingerprint density at radius 2 is 2.31 bits per heavy atom. The molecule has 74 valence electrons. The Bertz CT molecular complexity index is 212. The van der Waals surface area contributed by atoms with Gasteiger partial charge in [0.15, 0.2) is 0 Å². The van der Waals surface area contributed by atoms with Crippen molar-refractivity contribution in [2.75, 3.05) is 6.61 Å². The molecule has 0 fully saturated rings. The number of nitrogens with zero attached hydrogens (tertiary/aromatic N) is 1. The fourth-order valence-corrected chi connectivity index (χ4v) is 0.820. The van der Waals surface area contributed by atoms with Crippen LogP contribution in [0, 0.1) is 5.92 Å². The maximum atomic E-state index is 10.8. The van der Waals surface area contributed by atoms with Crippen LogP contribution >= 0.6 is 11.6 Å². The zero-order valence-corrected chi connectivity index (χ0v) is 8.67. The first-order valence-corrected chi connectivity index (χ1v) is 4.45.